The third-order valence-corrected chi connectivity index (χ3v) is 3.81. The Kier molecular flexibility index (Phi) is 6.72. The summed E-state index contributed by atoms with van der Waals surface area (Å²) >= 11 is 0. The summed E-state index contributed by atoms with van der Waals surface area (Å²) in [6.45, 7) is -0.834. The third kappa shape index (κ3) is 5.31. The molecule has 6 heteroatoms. The first-order valence-electron chi connectivity index (χ1n) is 8.01. The Balaban J connectivity index is 2.11. The van der Waals surface area contributed by atoms with Gasteiger partial charge in [0.2, 0.25) is 5.91 Å². The highest BCUT2D eigenvalue weighted by Gasteiger charge is 2.13. The van der Waals surface area contributed by atoms with Crippen molar-refractivity contribution >= 4 is 11.5 Å². The fourth-order valence-electron chi connectivity index (χ4n) is 2.44. The Morgan fingerprint density at radius 3 is 2.46 bits per heavy atom. The molecule has 26 heavy (non-hydrogen) atoms. The zero-order valence-corrected chi connectivity index (χ0v) is 14.9. The summed E-state index contributed by atoms with van der Waals surface area (Å²) in [6, 6.07) is 14.3. The lowest BCUT2D eigenvalue weighted by atomic mass is 10.1. The number of ether oxygens (including phenoxy) is 2. The number of methoxy groups -OCH3 is 1. The molecule has 0 saturated carbocycles. The van der Waals surface area contributed by atoms with Gasteiger partial charge in [0.25, 0.3) is 0 Å². The van der Waals surface area contributed by atoms with Crippen molar-refractivity contribution < 1.29 is 23.0 Å². The molecular weight excluding hydrogens is 340 g/mol. The van der Waals surface area contributed by atoms with Crippen molar-refractivity contribution in [2.75, 3.05) is 14.2 Å². The van der Waals surface area contributed by atoms with E-state index in [4.69, 9.17) is 4.74 Å². The maximum absolute atomic E-state index is 12.5. The summed E-state index contributed by atoms with van der Waals surface area (Å²) in [6.07, 6.45) is 1.55. The Morgan fingerprint density at radius 1 is 1.15 bits per heavy atom. The predicted molar refractivity (Wildman–Crippen MR) is 96.2 cm³/mol. The number of benzene rings is 2. The lowest BCUT2D eigenvalue weighted by Crippen LogP contribution is -2.24. The largest absolute Gasteiger partial charge is 0.493 e. The molecule has 0 spiro atoms. The van der Waals surface area contributed by atoms with E-state index in [0.29, 0.717) is 5.56 Å². The van der Waals surface area contributed by atoms with Crippen LogP contribution in [-0.2, 0) is 11.3 Å². The van der Waals surface area contributed by atoms with Crippen molar-refractivity contribution in [2.45, 2.75) is 20.1 Å². The van der Waals surface area contributed by atoms with Gasteiger partial charge < -0.3 is 14.4 Å². The molecular formula is C20H21F2NO3. The molecule has 0 atom stereocenters. The second kappa shape index (κ2) is 8.99. The van der Waals surface area contributed by atoms with Crippen LogP contribution in [-0.4, -0.2) is 31.6 Å². The second-order valence-electron chi connectivity index (χ2n) is 5.75. The molecule has 0 unspecified atom stereocenters. The van der Waals surface area contributed by atoms with Gasteiger partial charge in [-0.1, -0.05) is 36.4 Å². The van der Waals surface area contributed by atoms with Crippen LogP contribution < -0.4 is 9.47 Å². The summed E-state index contributed by atoms with van der Waals surface area (Å²) in [5.74, 6) is -0.0294. The van der Waals surface area contributed by atoms with Gasteiger partial charge in [0.1, 0.15) is 0 Å². The average Bonchev–Trinajstić information content (AvgIpc) is 2.62. The molecule has 4 nitrogen and oxygen atoms in total. The third-order valence-electron chi connectivity index (χ3n) is 3.81. The van der Waals surface area contributed by atoms with Gasteiger partial charge >= 0.3 is 6.61 Å². The Hall–Kier alpha value is -2.89. The number of hydrogen-bond donors (Lipinski definition) is 0. The number of halogens is 2. The summed E-state index contributed by atoms with van der Waals surface area (Å²) in [5.41, 5.74) is 2.47. The number of hydrogen-bond acceptors (Lipinski definition) is 3. The van der Waals surface area contributed by atoms with Crippen LogP contribution in [0, 0.1) is 0 Å². The van der Waals surface area contributed by atoms with Crippen LogP contribution in [0.15, 0.2) is 54.6 Å². The summed E-state index contributed by atoms with van der Waals surface area (Å²) in [4.78, 5) is 13.9. The molecule has 0 radical (unpaired) electrons. The van der Waals surface area contributed by atoms with Crippen molar-refractivity contribution in [3.8, 4) is 11.5 Å². The SMILES string of the molecule is COc1ccc(CN(C)C(=O)C=C(C)c2ccccc2)cc1OC(F)F. The van der Waals surface area contributed by atoms with Crippen LogP contribution in [0.1, 0.15) is 18.1 Å². The molecule has 0 aliphatic heterocycles. The van der Waals surface area contributed by atoms with Crippen molar-refractivity contribution in [2.24, 2.45) is 0 Å². The molecule has 138 valence electrons. The highest BCUT2D eigenvalue weighted by atomic mass is 19.3. The number of nitrogens with zero attached hydrogens (tertiary/aromatic N) is 1. The highest BCUT2D eigenvalue weighted by molar-refractivity contribution is 5.94. The van der Waals surface area contributed by atoms with Crippen LogP contribution in [0.5, 0.6) is 11.5 Å². The monoisotopic (exact) mass is 361 g/mol. The first-order valence-corrected chi connectivity index (χ1v) is 8.01. The van der Waals surface area contributed by atoms with E-state index in [9.17, 15) is 13.6 Å². The molecule has 0 saturated heterocycles. The molecule has 2 aromatic rings. The molecule has 0 aromatic heterocycles. The van der Waals surface area contributed by atoms with Crippen molar-refractivity contribution in [3.63, 3.8) is 0 Å². The molecule has 2 aromatic carbocycles. The zero-order valence-electron chi connectivity index (χ0n) is 14.9. The number of alkyl halides is 2. The van der Waals surface area contributed by atoms with E-state index in [2.05, 4.69) is 4.74 Å². The number of amides is 1. The maximum Gasteiger partial charge on any atom is 0.387 e. The van der Waals surface area contributed by atoms with Crippen molar-refractivity contribution in [1.82, 2.24) is 4.90 Å². The summed E-state index contributed by atoms with van der Waals surface area (Å²) in [5, 5.41) is 0. The van der Waals surface area contributed by atoms with E-state index in [-0.39, 0.29) is 24.0 Å². The normalized spacial score (nSPS) is 11.4. The molecule has 0 bridgehead atoms. The van der Waals surface area contributed by atoms with E-state index >= 15 is 0 Å². The second-order valence-corrected chi connectivity index (χ2v) is 5.75. The van der Waals surface area contributed by atoms with Crippen LogP contribution in [0.3, 0.4) is 0 Å². The van der Waals surface area contributed by atoms with E-state index in [1.807, 2.05) is 37.3 Å². The van der Waals surface area contributed by atoms with E-state index in [1.165, 1.54) is 24.1 Å². The molecule has 1 amide bonds. The molecule has 0 aliphatic carbocycles. The van der Waals surface area contributed by atoms with Gasteiger partial charge in [-0.25, -0.2) is 0 Å². The summed E-state index contributed by atoms with van der Waals surface area (Å²) < 4.78 is 34.5. The lowest BCUT2D eigenvalue weighted by molar-refractivity contribution is -0.125. The number of allylic oxidation sites excluding steroid dienone is 1. The number of likely N-dealkylation sites (N-methyl/N-ethyl adjacent to an activating group) is 1. The van der Waals surface area contributed by atoms with Gasteiger partial charge in [0.15, 0.2) is 11.5 Å². The number of carbonyl (C=O) groups is 1. The summed E-state index contributed by atoms with van der Waals surface area (Å²) in [7, 11) is 3.02. The Labute approximate surface area is 151 Å². The van der Waals surface area contributed by atoms with Gasteiger partial charge in [-0.3, -0.25) is 4.79 Å². The molecule has 0 fully saturated rings. The highest BCUT2D eigenvalue weighted by Crippen LogP contribution is 2.30. The lowest BCUT2D eigenvalue weighted by Gasteiger charge is -2.17. The average molecular weight is 361 g/mol. The quantitative estimate of drug-likeness (QED) is 0.688. The topological polar surface area (TPSA) is 38.8 Å². The Morgan fingerprint density at radius 2 is 1.85 bits per heavy atom. The minimum Gasteiger partial charge on any atom is -0.493 e. The smallest absolute Gasteiger partial charge is 0.387 e. The van der Waals surface area contributed by atoms with Crippen LogP contribution in [0.2, 0.25) is 0 Å². The van der Waals surface area contributed by atoms with Gasteiger partial charge in [0, 0.05) is 19.7 Å². The van der Waals surface area contributed by atoms with Crippen LogP contribution in [0.25, 0.3) is 5.57 Å². The standard InChI is InChI=1S/C20H21F2NO3/c1-14(16-7-5-4-6-8-16)11-19(24)23(2)13-15-9-10-17(25-3)18(12-15)26-20(21)22/h4-12,20H,13H2,1-3H3. The zero-order chi connectivity index (χ0) is 19.1. The fraction of sp³-hybridized carbons (Fsp3) is 0.250. The number of carbonyl (C=O) groups excluding carboxylic acids is 1. The first kappa shape index (κ1) is 19.4. The minimum absolute atomic E-state index is 0.0585. The van der Waals surface area contributed by atoms with Crippen LogP contribution in [0.4, 0.5) is 8.78 Å². The van der Waals surface area contributed by atoms with E-state index < -0.39 is 6.61 Å². The number of rotatable bonds is 7. The van der Waals surface area contributed by atoms with Crippen molar-refractivity contribution in [3.05, 3.63) is 65.7 Å². The Bertz CT molecular complexity index is 776. The van der Waals surface area contributed by atoms with Gasteiger partial charge in [-0.2, -0.15) is 8.78 Å². The molecule has 0 heterocycles. The molecule has 2 rings (SSSR count). The van der Waals surface area contributed by atoms with Gasteiger partial charge in [-0.05, 0) is 35.8 Å². The van der Waals surface area contributed by atoms with E-state index in [1.54, 1.807) is 19.2 Å². The minimum atomic E-state index is -2.95. The van der Waals surface area contributed by atoms with E-state index in [0.717, 1.165) is 11.1 Å². The van der Waals surface area contributed by atoms with Crippen LogP contribution >= 0.6 is 0 Å². The molecule has 0 aliphatic rings. The molecule has 0 N–H and O–H groups in total. The fourth-order valence-corrected chi connectivity index (χ4v) is 2.44. The van der Waals surface area contributed by atoms with Gasteiger partial charge in [-0.15, -0.1) is 0 Å². The first-order chi connectivity index (χ1) is 12.4. The predicted octanol–water partition coefficient (Wildman–Crippen LogP) is 4.36. The van der Waals surface area contributed by atoms with Gasteiger partial charge in [0.05, 0.1) is 7.11 Å². The maximum atomic E-state index is 12.5. The van der Waals surface area contributed by atoms with Crippen molar-refractivity contribution in [1.29, 1.82) is 0 Å².